The molecule has 1 fully saturated rings. The van der Waals surface area contributed by atoms with Crippen molar-refractivity contribution in [2.75, 3.05) is 13.7 Å². The number of fused-ring (bicyclic) bond motifs is 4. The van der Waals surface area contributed by atoms with Gasteiger partial charge in [0.05, 0.1) is 19.2 Å². The molecule has 8 heteroatoms. The summed E-state index contributed by atoms with van der Waals surface area (Å²) in [5, 5.41) is 34.3. The Balaban J connectivity index is 0.00000231. The number of pyridine rings is 1. The van der Waals surface area contributed by atoms with Crippen molar-refractivity contribution in [3.63, 3.8) is 0 Å². The maximum atomic E-state index is 10.4. The summed E-state index contributed by atoms with van der Waals surface area (Å²) < 4.78 is 12.9. The summed E-state index contributed by atoms with van der Waals surface area (Å²) in [6, 6.07) is 8.00. The maximum absolute atomic E-state index is 10.4. The van der Waals surface area contributed by atoms with Crippen molar-refractivity contribution in [2.45, 2.75) is 38.4 Å². The Bertz CT molecular complexity index is 1290. The van der Waals surface area contributed by atoms with Crippen LogP contribution in [0.2, 0.25) is 0 Å². The monoisotopic (exact) mass is 488 g/mol. The molecule has 4 atom stereocenters. The highest BCUT2D eigenvalue weighted by Gasteiger charge is 2.48. The highest BCUT2D eigenvalue weighted by molar-refractivity contribution is 6.16. The first-order chi connectivity index (χ1) is 14.4. The molecule has 0 bridgehead atoms. The molecule has 31 heavy (non-hydrogen) atoms. The van der Waals surface area contributed by atoms with E-state index >= 15 is 0 Å². The van der Waals surface area contributed by atoms with Crippen LogP contribution in [0.1, 0.15) is 17.4 Å². The Morgan fingerprint density at radius 3 is 2.52 bits per heavy atom. The molecule has 0 amide bonds. The third kappa shape index (κ3) is 3.21. The molecule has 0 spiro atoms. The lowest BCUT2D eigenvalue weighted by molar-refractivity contribution is -0.764. The smallest absolute Gasteiger partial charge is 0.292 e. The van der Waals surface area contributed by atoms with E-state index in [1.165, 1.54) is 0 Å². The number of aromatic nitrogens is 2. The first-order valence-electron chi connectivity index (χ1n) is 10.00. The number of halogens is 1. The number of H-pyrrole nitrogens is 1. The molecule has 4 unspecified atom stereocenters. The lowest BCUT2D eigenvalue weighted by Gasteiger charge is -2.13. The average Bonchev–Trinajstić information content (AvgIpc) is 3.29. The molecule has 4 N–H and O–H groups in total. The van der Waals surface area contributed by atoms with Crippen LogP contribution in [-0.2, 0) is 4.74 Å². The molecule has 0 saturated carbocycles. The molecule has 2 aromatic carbocycles. The van der Waals surface area contributed by atoms with Crippen LogP contribution >= 0.6 is 0 Å². The standard InChI is InChI=1S/C23H24N2O5.BrH/c1-11-16-9-25(23-22(28)21(27)18(10-26)30-23)7-6-14(16)12(2)20-19(11)15-8-13(29-3)4-5-17(15)24-20;/h4-9,18,21-23,26-28H,10H2,1-3H3;1H. The van der Waals surface area contributed by atoms with E-state index in [2.05, 4.69) is 18.8 Å². The van der Waals surface area contributed by atoms with E-state index in [1.54, 1.807) is 11.7 Å². The molecule has 1 saturated heterocycles. The SMILES string of the molecule is COc1ccc2[nH]c3c(C)c4cc[n+](C5OC(CO)C(O)C5O)cc4c(C)c3c2c1.[Br-]. The molecule has 1 aliphatic heterocycles. The molecule has 0 aliphatic carbocycles. The molecular weight excluding hydrogens is 464 g/mol. The topological polar surface area (TPSA) is 98.8 Å². The minimum atomic E-state index is -1.13. The first kappa shape index (κ1) is 22.0. The van der Waals surface area contributed by atoms with Gasteiger partial charge in [-0.05, 0) is 48.6 Å². The van der Waals surface area contributed by atoms with Crippen LogP contribution in [0.3, 0.4) is 0 Å². The lowest BCUT2D eigenvalue weighted by atomic mass is 9.97. The summed E-state index contributed by atoms with van der Waals surface area (Å²) in [6.07, 6.45) is -0.0374. The fraction of sp³-hybridized carbons (Fsp3) is 0.348. The van der Waals surface area contributed by atoms with Gasteiger partial charge in [-0.3, -0.25) is 0 Å². The van der Waals surface area contributed by atoms with Crippen LogP contribution < -0.4 is 26.3 Å². The zero-order valence-corrected chi connectivity index (χ0v) is 19.0. The van der Waals surface area contributed by atoms with Gasteiger partial charge in [0.1, 0.15) is 18.0 Å². The predicted molar refractivity (Wildman–Crippen MR) is 113 cm³/mol. The number of aryl methyl sites for hydroxylation is 2. The van der Waals surface area contributed by atoms with Crippen LogP contribution in [0, 0.1) is 13.8 Å². The van der Waals surface area contributed by atoms with E-state index < -0.39 is 24.5 Å². The largest absolute Gasteiger partial charge is 1.00 e. The number of nitrogens with zero attached hydrogens (tertiary/aromatic N) is 1. The minimum Gasteiger partial charge on any atom is -1.00 e. The second-order valence-electron chi connectivity index (χ2n) is 7.98. The number of ether oxygens (including phenoxy) is 2. The van der Waals surface area contributed by atoms with Crippen LogP contribution in [0.4, 0.5) is 0 Å². The van der Waals surface area contributed by atoms with E-state index in [9.17, 15) is 15.3 Å². The fourth-order valence-corrected chi connectivity index (χ4v) is 4.66. The number of aliphatic hydroxyl groups is 3. The van der Waals surface area contributed by atoms with Gasteiger partial charge in [-0.1, -0.05) is 0 Å². The van der Waals surface area contributed by atoms with Gasteiger partial charge in [0, 0.05) is 27.7 Å². The van der Waals surface area contributed by atoms with Gasteiger partial charge < -0.3 is 46.8 Å². The summed E-state index contributed by atoms with van der Waals surface area (Å²) in [6.45, 7) is 3.82. The number of hydrogen-bond donors (Lipinski definition) is 4. The number of aliphatic hydroxyl groups excluding tert-OH is 3. The van der Waals surface area contributed by atoms with Gasteiger partial charge in [-0.2, -0.15) is 4.57 Å². The lowest BCUT2D eigenvalue weighted by Crippen LogP contribution is -3.00. The highest BCUT2D eigenvalue weighted by atomic mass is 79.9. The van der Waals surface area contributed by atoms with Crippen molar-refractivity contribution >= 4 is 32.6 Å². The zero-order chi connectivity index (χ0) is 21.2. The number of benzene rings is 2. The van der Waals surface area contributed by atoms with E-state index in [-0.39, 0.29) is 23.6 Å². The first-order valence-corrected chi connectivity index (χ1v) is 10.00. The molecule has 4 aromatic rings. The summed E-state index contributed by atoms with van der Waals surface area (Å²) >= 11 is 0. The van der Waals surface area contributed by atoms with Crippen LogP contribution in [0.15, 0.2) is 36.7 Å². The van der Waals surface area contributed by atoms with E-state index in [0.29, 0.717) is 0 Å². The summed E-state index contributed by atoms with van der Waals surface area (Å²) in [5.41, 5.74) is 4.37. The van der Waals surface area contributed by atoms with Gasteiger partial charge >= 0.3 is 0 Å². The van der Waals surface area contributed by atoms with Gasteiger partial charge in [-0.15, -0.1) is 0 Å². The Kier molecular flexibility index (Phi) is 5.70. The maximum Gasteiger partial charge on any atom is 0.292 e. The van der Waals surface area contributed by atoms with Gasteiger partial charge in [-0.25, -0.2) is 0 Å². The van der Waals surface area contributed by atoms with Crippen LogP contribution in [0.25, 0.3) is 32.6 Å². The van der Waals surface area contributed by atoms with Crippen LogP contribution in [0.5, 0.6) is 5.75 Å². The van der Waals surface area contributed by atoms with E-state index in [4.69, 9.17) is 9.47 Å². The zero-order valence-electron chi connectivity index (χ0n) is 17.5. The minimum absolute atomic E-state index is 0. The molecule has 1 aliphatic rings. The fourth-order valence-electron chi connectivity index (χ4n) is 4.66. The Morgan fingerprint density at radius 1 is 1.06 bits per heavy atom. The van der Waals surface area contributed by atoms with Crippen LogP contribution in [-0.4, -0.2) is 52.3 Å². The van der Waals surface area contributed by atoms with Gasteiger partial charge in [0.15, 0.2) is 18.5 Å². The number of nitrogens with one attached hydrogen (secondary N) is 1. The summed E-state index contributed by atoms with van der Waals surface area (Å²) in [7, 11) is 1.66. The average molecular weight is 489 g/mol. The van der Waals surface area contributed by atoms with Crippen molar-refractivity contribution in [3.05, 3.63) is 47.8 Å². The Morgan fingerprint density at radius 2 is 1.84 bits per heavy atom. The van der Waals surface area contributed by atoms with Crippen molar-refractivity contribution in [1.82, 2.24) is 4.98 Å². The molecule has 3 heterocycles. The van der Waals surface area contributed by atoms with Gasteiger partial charge in [0.25, 0.3) is 6.23 Å². The molecule has 0 radical (unpaired) electrons. The van der Waals surface area contributed by atoms with Crippen molar-refractivity contribution < 1.29 is 46.3 Å². The number of hydrogen-bond acceptors (Lipinski definition) is 5. The summed E-state index contributed by atoms with van der Waals surface area (Å²) in [4.78, 5) is 3.54. The Hall–Kier alpha value is -2.23. The third-order valence-electron chi connectivity index (χ3n) is 6.36. The van der Waals surface area contributed by atoms with Gasteiger partial charge in [0.2, 0.25) is 0 Å². The normalized spacial score (nSPS) is 23.5. The van der Waals surface area contributed by atoms with Crippen molar-refractivity contribution in [1.29, 1.82) is 0 Å². The summed E-state index contributed by atoms with van der Waals surface area (Å²) in [5.74, 6) is 0.801. The molecule has 2 aromatic heterocycles. The highest BCUT2D eigenvalue weighted by Crippen LogP contribution is 2.37. The predicted octanol–water partition coefficient (Wildman–Crippen LogP) is -0.997. The molecule has 164 valence electrons. The molecular formula is C23H25BrN2O5. The molecule has 5 rings (SSSR count). The second kappa shape index (κ2) is 8.03. The number of aromatic amines is 1. The van der Waals surface area contributed by atoms with Crippen molar-refractivity contribution in [2.24, 2.45) is 0 Å². The van der Waals surface area contributed by atoms with E-state index in [1.807, 2.05) is 36.7 Å². The quantitative estimate of drug-likeness (QED) is 0.277. The second-order valence-corrected chi connectivity index (χ2v) is 7.98. The third-order valence-corrected chi connectivity index (χ3v) is 6.36. The van der Waals surface area contributed by atoms with E-state index in [0.717, 1.165) is 49.5 Å². The molecule has 7 nitrogen and oxygen atoms in total. The number of rotatable bonds is 3. The van der Waals surface area contributed by atoms with Crippen molar-refractivity contribution in [3.8, 4) is 5.75 Å². The Labute approximate surface area is 189 Å². The number of methoxy groups -OCH3 is 1.